The molecule has 0 aromatic carbocycles. The highest BCUT2D eigenvalue weighted by Crippen LogP contribution is 2.28. The SMILES string of the molecule is C/C=C(\C/C=C/C(C)C(O)C(C)C=O)C(F)(F)F. The molecule has 0 fully saturated rings. The Bertz CT molecular complexity index is 319. The van der Waals surface area contributed by atoms with Crippen LogP contribution in [-0.2, 0) is 4.79 Å². The van der Waals surface area contributed by atoms with Gasteiger partial charge in [0.15, 0.2) is 0 Å². The summed E-state index contributed by atoms with van der Waals surface area (Å²) in [6.07, 6.45) is -0.905. The topological polar surface area (TPSA) is 37.3 Å². The number of hydrogen-bond acceptors (Lipinski definition) is 2. The van der Waals surface area contributed by atoms with E-state index in [4.69, 9.17) is 0 Å². The van der Waals surface area contributed by atoms with Gasteiger partial charge in [-0.1, -0.05) is 32.1 Å². The molecule has 0 aliphatic rings. The number of allylic oxidation sites excluding steroid dienone is 3. The minimum absolute atomic E-state index is 0.230. The van der Waals surface area contributed by atoms with Gasteiger partial charge in [-0.3, -0.25) is 0 Å². The molecular formula is C13H19F3O2. The summed E-state index contributed by atoms with van der Waals surface area (Å²) in [5, 5.41) is 9.65. The fraction of sp³-hybridized carbons (Fsp3) is 0.615. The Morgan fingerprint density at radius 2 is 1.83 bits per heavy atom. The lowest BCUT2D eigenvalue weighted by Crippen LogP contribution is -2.25. The molecule has 0 spiro atoms. The van der Waals surface area contributed by atoms with Gasteiger partial charge in [-0.15, -0.1) is 0 Å². The Morgan fingerprint density at radius 1 is 1.28 bits per heavy atom. The van der Waals surface area contributed by atoms with Gasteiger partial charge in [0, 0.05) is 17.4 Å². The van der Waals surface area contributed by atoms with Crippen molar-refractivity contribution in [2.24, 2.45) is 11.8 Å². The maximum Gasteiger partial charge on any atom is 0.412 e. The van der Waals surface area contributed by atoms with Crippen LogP contribution in [0.4, 0.5) is 13.2 Å². The highest BCUT2D eigenvalue weighted by molar-refractivity contribution is 5.53. The van der Waals surface area contributed by atoms with Crippen LogP contribution in [0.15, 0.2) is 23.8 Å². The van der Waals surface area contributed by atoms with E-state index in [-0.39, 0.29) is 12.3 Å². The molecule has 0 saturated heterocycles. The van der Waals surface area contributed by atoms with Crippen molar-refractivity contribution in [3.8, 4) is 0 Å². The Labute approximate surface area is 105 Å². The third-order valence-electron chi connectivity index (χ3n) is 2.78. The van der Waals surface area contributed by atoms with Gasteiger partial charge in [-0.25, -0.2) is 0 Å². The second-order valence-corrected chi connectivity index (χ2v) is 4.29. The van der Waals surface area contributed by atoms with Crippen molar-refractivity contribution in [2.75, 3.05) is 0 Å². The van der Waals surface area contributed by atoms with Gasteiger partial charge in [0.2, 0.25) is 0 Å². The van der Waals surface area contributed by atoms with E-state index in [0.29, 0.717) is 6.29 Å². The molecule has 1 N–H and O–H groups in total. The molecule has 0 amide bonds. The summed E-state index contributed by atoms with van der Waals surface area (Å²) in [7, 11) is 0. The minimum Gasteiger partial charge on any atom is -0.392 e. The summed E-state index contributed by atoms with van der Waals surface area (Å²) in [6.45, 7) is 4.56. The molecule has 3 unspecified atom stereocenters. The van der Waals surface area contributed by atoms with Gasteiger partial charge in [-0.05, 0) is 13.3 Å². The lowest BCUT2D eigenvalue weighted by atomic mass is 9.94. The second kappa shape index (κ2) is 7.36. The number of alkyl halides is 3. The first kappa shape index (κ1) is 16.9. The minimum atomic E-state index is -4.32. The third-order valence-corrected chi connectivity index (χ3v) is 2.78. The monoisotopic (exact) mass is 264 g/mol. The molecule has 0 aromatic heterocycles. The summed E-state index contributed by atoms with van der Waals surface area (Å²) < 4.78 is 37.2. The first-order valence-corrected chi connectivity index (χ1v) is 5.76. The lowest BCUT2D eigenvalue weighted by Gasteiger charge is -2.18. The van der Waals surface area contributed by atoms with Gasteiger partial charge >= 0.3 is 6.18 Å². The number of halogens is 3. The summed E-state index contributed by atoms with van der Waals surface area (Å²) in [4.78, 5) is 10.5. The number of aldehydes is 1. The predicted octanol–water partition coefficient (Wildman–Crippen LogP) is 3.27. The molecule has 18 heavy (non-hydrogen) atoms. The largest absolute Gasteiger partial charge is 0.412 e. The highest BCUT2D eigenvalue weighted by atomic mass is 19.4. The van der Waals surface area contributed by atoms with Gasteiger partial charge in [0.05, 0.1) is 6.10 Å². The smallest absolute Gasteiger partial charge is 0.392 e. The first-order valence-electron chi connectivity index (χ1n) is 5.76. The van der Waals surface area contributed by atoms with E-state index in [1.54, 1.807) is 13.8 Å². The maximum absolute atomic E-state index is 12.4. The number of aliphatic hydroxyl groups excluding tert-OH is 1. The zero-order chi connectivity index (χ0) is 14.3. The molecule has 0 bridgehead atoms. The van der Waals surface area contributed by atoms with E-state index in [1.807, 2.05) is 0 Å². The van der Waals surface area contributed by atoms with E-state index in [1.165, 1.54) is 19.1 Å². The molecule has 2 nitrogen and oxygen atoms in total. The van der Waals surface area contributed by atoms with E-state index in [2.05, 4.69) is 0 Å². The van der Waals surface area contributed by atoms with Crippen molar-refractivity contribution in [2.45, 2.75) is 39.5 Å². The van der Waals surface area contributed by atoms with Crippen LogP contribution in [0, 0.1) is 11.8 Å². The standard InChI is InChI=1S/C13H19F3O2/c1-4-11(13(14,15)16)7-5-6-9(2)12(18)10(3)8-17/h4-6,8-10,12,18H,7H2,1-3H3/b6-5+,11-4+. The predicted molar refractivity (Wildman–Crippen MR) is 64.0 cm³/mol. The molecule has 0 saturated carbocycles. The summed E-state index contributed by atoms with van der Waals surface area (Å²) in [5.41, 5.74) is -0.621. The molecule has 0 aromatic rings. The Kier molecular flexibility index (Phi) is 6.91. The van der Waals surface area contributed by atoms with E-state index in [0.717, 1.165) is 6.08 Å². The molecule has 3 atom stereocenters. The van der Waals surface area contributed by atoms with Crippen molar-refractivity contribution in [3.63, 3.8) is 0 Å². The van der Waals surface area contributed by atoms with Crippen LogP contribution in [0.5, 0.6) is 0 Å². The molecular weight excluding hydrogens is 245 g/mol. The van der Waals surface area contributed by atoms with Gasteiger partial charge in [-0.2, -0.15) is 13.2 Å². The second-order valence-electron chi connectivity index (χ2n) is 4.29. The van der Waals surface area contributed by atoms with Gasteiger partial charge in [0.25, 0.3) is 0 Å². The van der Waals surface area contributed by atoms with E-state index in [9.17, 15) is 23.1 Å². The molecule has 0 aliphatic carbocycles. The zero-order valence-corrected chi connectivity index (χ0v) is 10.7. The zero-order valence-electron chi connectivity index (χ0n) is 10.7. The quantitative estimate of drug-likeness (QED) is 0.590. The van der Waals surface area contributed by atoms with Crippen LogP contribution < -0.4 is 0 Å². The summed E-state index contributed by atoms with van der Waals surface area (Å²) in [5.74, 6) is -0.898. The first-order chi connectivity index (χ1) is 8.23. The number of hydrogen-bond donors (Lipinski definition) is 1. The third kappa shape index (κ3) is 5.49. The van der Waals surface area contributed by atoms with Crippen LogP contribution in [0.25, 0.3) is 0 Å². The van der Waals surface area contributed by atoms with Crippen LogP contribution in [0.3, 0.4) is 0 Å². The Hall–Kier alpha value is -1.10. The average Bonchev–Trinajstić information content (AvgIpc) is 2.30. The molecule has 5 heteroatoms. The van der Waals surface area contributed by atoms with E-state index >= 15 is 0 Å². The summed E-state index contributed by atoms with van der Waals surface area (Å²) >= 11 is 0. The fourth-order valence-electron chi connectivity index (χ4n) is 1.48. The van der Waals surface area contributed by atoms with Crippen molar-refractivity contribution in [3.05, 3.63) is 23.8 Å². The number of aliphatic hydroxyl groups is 1. The average molecular weight is 264 g/mol. The number of rotatable bonds is 6. The maximum atomic E-state index is 12.4. The lowest BCUT2D eigenvalue weighted by molar-refractivity contribution is -0.114. The van der Waals surface area contributed by atoms with Crippen molar-refractivity contribution in [1.29, 1.82) is 0 Å². The van der Waals surface area contributed by atoms with Gasteiger partial charge < -0.3 is 9.90 Å². The van der Waals surface area contributed by atoms with Crippen molar-refractivity contribution < 1.29 is 23.1 Å². The molecule has 104 valence electrons. The highest BCUT2D eigenvalue weighted by Gasteiger charge is 2.31. The molecule has 0 radical (unpaired) electrons. The summed E-state index contributed by atoms with van der Waals surface area (Å²) in [6, 6.07) is 0. The normalized spacial score (nSPS) is 18.7. The van der Waals surface area contributed by atoms with Crippen LogP contribution >= 0.6 is 0 Å². The molecule has 0 rings (SSSR count). The van der Waals surface area contributed by atoms with Crippen molar-refractivity contribution >= 4 is 6.29 Å². The van der Waals surface area contributed by atoms with E-state index < -0.39 is 23.8 Å². The molecule has 0 heterocycles. The Balaban J connectivity index is 4.45. The number of carbonyl (C=O) groups is 1. The molecule has 0 aliphatic heterocycles. The van der Waals surface area contributed by atoms with Crippen LogP contribution in [-0.4, -0.2) is 23.7 Å². The van der Waals surface area contributed by atoms with Crippen LogP contribution in [0.2, 0.25) is 0 Å². The van der Waals surface area contributed by atoms with Crippen LogP contribution in [0.1, 0.15) is 27.2 Å². The number of carbonyl (C=O) groups excluding carboxylic acids is 1. The fourth-order valence-corrected chi connectivity index (χ4v) is 1.48. The van der Waals surface area contributed by atoms with Crippen molar-refractivity contribution in [1.82, 2.24) is 0 Å². The Morgan fingerprint density at radius 3 is 2.22 bits per heavy atom. The van der Waals surface area contributed by atoms with Gasteiger partial charge in [0.1, 0.15) is 6.29 Å².